The van der Waals surface area contributed by atoms with Crippen molar-refractivity contribution in [2.24, 2.45) is 0 Å². The Kier molecular flexibility index (Phi) is 3.12. The predicted molar refractivity (Wildman–Crippen MR) is 74.8 cm³/mol. The van der Waals surface area contributed by atoms with E-state index in [1.165, 1.54) is 4.90 Å². The van der Waals surface area contributed by atoms with Gasteiger partial charge in [-0.2, -0.15) is 0 Å². The number of anilines is 1. The van der Waals surface area contributed by atoms with Gasteiger partial charge in [-0.15, -0.1) is 0 Å². The van der Waals surface area contributed by atoms with E-state index in [4.69, 9.17) is 4.74 Å². The first-order valence-corrected chi connectivity index (χ1v) is 6.92. The minimum Gasteiger partial charge on any atom is -0.479 e. The Labute approximate surface area is 117 Å². The fourth-order valence-corrected chi connectivity index (χ4v) is 2.32. The number of fused-ring (bicyclic) bond motifs is 1. The summed E-state index contributed by atoms with van der Waals surface area (Å²) in [6.45, 7) is 3.71. The van der Waals surface area contributed by atoms with Gasteiger partial charge in [-0.3, -0.25) is 14.5 Å². The first-order chi connectivity index (χ1) is 9.54. The maximum Gasteiger partial charge on any atom is 0.268 e. The minimum absolute atomic E-state index is 0.0550. The van der Waals surface area contributed by atoms with Gasteiger partial charge in [-0.25, -0.2) is 0 Å². The van der Waals surface area contributed by atoms with E-state index in [0.717, 1.165) is 18.4 Å². The van der Waals surface area contributed by atoms with Gasteiger partial charge < -0.3 is 10.1 Å². The van der Waals surface area contributed by atoms with E-state index in [1.807, 2.05) is 25.1 Å². The Morgan fingerprint density at radius 1 is 1.45 bits per heavy atom. The van der Waals surface area contributed by atoms with Crippen LogP contribution in [-0.2, 0) is 9.59 Å². The maximum absolute atomic E-state index is 12.3. The zero-order chi connectivity index (χ0) is 14.3. The number of nitrogens with zero attached hydrogens (tertiary/aromatic N) is 1. The average Bonchev–Trinajstić information content (AvgIpc) is 3.20. The standard InChI is InChI=1S/C15H18N2O3/c1-9-3-6-13-12(7-9)17(15(19)10(2)20-13)8-14(18)16-11-4-5-11/h3,6-7,10-11H,4-5,8H2,1-2H3,(H,16,18)/t10-/m1/s1. The molecule has 20 heavy (non-hydrogen) atoms. The molecule has 1 heterocycles. The SMILES string of the molecule is Cc1ccc2c(c1)N(CC(=O)NC1CC1)C(=O)[C@@H](C)O2. The van der Waals surface area contributed by atoms with Crippen molar-refractivity contribution < 1.29 is 14.3 Å². The summed E-state index contributed by atoms with van der Waals surface area (Å²) < 4.78 is 5.58. The number of nitrogens with one attached hydrogen (secondary N) is 1. The number of aryl methyl sites for hydroxylation is 1. The molecule has 5 nitrogen and oxygen atoms in total. The molecule has 0 aromatic heterocycles. The monoisotopic (exact) mass is 274 g/mol. The first kappa shape index (κ1) is 13.0. The molecule has 5 heteroatoms. The van der Waals surface area contributed by atoms with Crippen LogP contribution in [0.2, 0.25) is 0 Å². The van der Waals surface area contributed by atoms with Gasteiger partial charge in [0.05, 0.1) is 5.69 Å². The van der Waals surface area contributed by atoms with E-state index in [1.54, 1.807) is 6.92 Å². The third kappa shape index (κ3) is 2.48. The van der Waals surface area contributed by atoms with Gasteiger partial charge in [0.15, 0.2) is 6.10 Å². The zero-order valence-corrected chi connectivity index (χ0v) is 11.7. The highest BCUT2D eigenvalue weighted by Crippen LogP contribution is 2.34. The Balaban J connectivity index is 1.85. The van der Waals surface area contributed by atoms with Crippen LogP contribution in [0.25, 0.3) is 0 Å². The quantitative estimate of drug-likeness (QED) is 0.906. The molecule has 1 N–H and O–H groups in total. The van der Waals surface area contributed by atoms with Crippen molar-refractivity contribution in [1.82, 2.24) is 5.32 Å². The van der Waals surface area contributed by atoms with Crippen molar-refractivity contribution in [3.63, 3.8) is 0 Å². The van der Waals surface area contributed by atoms with E-state index in [2.05, 4.69) is 5.32 Å². The summed E-state index contributed by atoms with van der Waals surface area (Å²) in [5.74, 6) is 0.373. The number of amides is 2. The molecule has 106 valence electrons. The summed E-state index contributed by atoms with van der Waals surface area (Å²) >= 11 is 0. The smallest absolute Gasteiger partial charge is 0.268 e. The van der Waals surface area contributed by atoms with Crippen molar-refractivity contribution in [2.75, 3.05) is 11.4 Å². The molecule has 2 amide bonds. The normalized spacial score (nSPS) is 21.2. The molecular weight excluding hydrogens is 256 g/mol. The van der Waals surface area contributed by atoms with Gasteiger partial charge in [0, 0.05) is 6.04 Å². The second kappa shape index (κ2) is 4.81. The molecule has 0 saturated heterocycles. The number of carbonyl (C=O) groups excluding carboxylic acids is 2. The molecule has 0 spiro atoms. The van der Waals surface area contributed by atoms with Crippen molar-refractivity contribution in [2.45, 2.75) is 38.8 Å². The zero-order valence-electron chi connectivity index (χ0n) is 11.7. The molecule has 1 saturated carbocycles. The van der Waals surface area contributed by atoms with Gasteiger partial charge in [0.1, 0.15) is 12.3 Å². The van der Waals surface area contributed by atoms with Gasteiger partial charge in [0.25, 0.3) is 5.91 Å². The molecule has 2 aliphatic rings. The van der Waals surface area contributed by atoms with Gasteiger partial charge in [-0.1, -0.05) is 6.07 Å². The molecule has 1 fully saturated rings. The van der Waals surface area contributed by atoms with Crippen LogP contribution >= 0.6 is 0 Å². The summed E-state index contributed by atoms with van der Waals surface area (Å²) in [6.07, 6.45) is 1.52. The number of hydrogen-bond acceptors (Lipinski definition) is 3. The van der Waals surface area contributed by atoms with E-state index >= 15 is 0 Å². The Morgan fingerprint density at radius 2 is 2.20 bits per heavy atom. The number of ether oxygens (including phenoxy) is 1. The lowest BCUT2D eigenvalue weighted by Crippen LogP contribution is -2.49. The highest BCUT2D eigenvalue weighted by atomic mass is 16.5. The maximum atomic E-state index is 12.3. The summed E-state index contributed by atoms with van der Waals surface area (Å²) in [6, 6.07) is 5.96. The summed E-state index contributed by atoms with van der Waals surface area (Å²) in [5, 5.41) is 2.91. The Bertz CT molecular complexity index is 566. The topological polar surface area (TPSA) is 58.6 Å². The molecule has 0 unspecified atom stereocenters. The average molecular weight is 274 g/mol. The van der Waals surface area contributed by atoms with Crippen LogP contribution in [0.1, 0.15) is 25.3 Å². The third-order valence-corrected chi connectivity index (χ3v) is 3.57. The van der Waals surface area contributed by atoms with Gasteiger partial charge >= 0.3 is 0 Å². The molecule has 1 aliphatic heterocycles. The fraction of sp³-hybridized carbons (Fsp3) is 0.467. The van der Waals surface area contributed by atoms with Crippen molar-refractivity contribution in [3.05, 3.63) is 23.8 Å². The number of benzene rings is 1. The van der Waals surface area contributed by atoms with Crippen molar-refractivity contribution >= 4 is 17.5 Å². The number of hydrogen-bond donors (Lipinski definition) is 1. The predicted octanol–water partition coefficient (Wildman–Crippen LogP) is 1.39. The van der Waals surface area contributed by atoms with E-state index in [-0.39, 0.29) is 18.4 Å². The molecule has 1 aliphatic carbocycles. The lowest BCUT2D eigenvalue weighted by molar-refractivity contribution is -0.128. The lowest BCUT2D eigenvalue weighted by atomic mass is 10.1. The Morgan fingerprint density at radius 3 is 2.90 bits per heavy atom. The third-order valence-electron chi connectivity index (χ3n) is 3.57. The summed E-state index contributed by atoms with van der Waals surface area (Å²) in [4.78, 5) is 25.7. The molecule has 0 bridgehead atoms. The van der Waals surface area contributed by atoms with Gasteiger partial charge in [-0.05, 0) is 44.4 Å². The van der Waals surface area contributed by atoms with E-state index in [9.17, 15) is 9.59 Å². The van der Waals surface area contributed by atoms with Crippen LogP contribution in [0.4, 0.5) is 5.69 Å². The molecule has 0 radical (unpaired) electrons. The summed E-state index contributed by atoms with van der Waals surface area (Å²) in [7, 11) is 0. The molecule has 1 atom stereocenters. The first-order valence-electron chi connectivity index (χ1n) is 6.92. The second-order valence-electron chi connectivity index (χ2n) is 5.50. The van der Waals surface area contributed by atoms with Gasteiger partial charge in [0.2, 0.25) is 5.91 Å². The molecule has 1 aromatic carbocycles. The highest BCUT2D eigenvalue weighted by molar-refractivity contribution is 6.03. The molecule has 3 rings (SSSR count). The molecular formula is C15H18N2O3. The number of rotatable bonds is 3. The van der Waals surface area contributed by atoms with Crippen LogP contribution in [0.3, 0.4) is 0 Å². The largest absolute Gasteiger partial charge is 0.479 e. The Hall–Kier alpha value is -2.04. The van der Waals surface area contributed by atoms with E-state index in [0.29, 0.717) is 17.5 Å². The van der Waals surface area contributed by atoms with Crippen LogP contribution in [0.5, 0.6) is 5.75 Å². The van der Waals surface area contributed by atoms with Crippen LogP contribution < -0.4 is 15.0 Å². The van der Waals surface area contributed by atoms with Crippen LogP contribution in [-0.4, -0.2) is 30.5 Å². The fourth-order valence-electron chi connectivity index (χ4n) is 2.32. The van der Waals surface area contributed by atoms with Crippen LogP contribution in [0, 0.1) is 6.92 Å². The highest BCUT2D eigenvalue weighted by Gasteiger charge is 2.33. The van der Waals surface area contributed by atoms with E-state index < -0.39 is 6.10 Å². The summed E-state index contributed by atoms with van der Waals surface area (Å²) in [5.41, 5.74) is 1.71. The lowest BCUT2D eigenvalue weighted by Gasteiger charge is -2.32. The number of carbonyl (C=O) groups is 2. The van der Waals surface area contributed by atoms with Crippen molar-refractivity contribution in [1.29, 1.82) is 0 Å². The molecule has 1 aromatic rings. The van der Waals surface area contributed by atoms with Crippen LogP contribution in [0.15, 0.2) is 18.2 Å². The minimum atomic E-state index is -0.557. The van der Waals surface area contributed by atoms with Crippen molar-refractivity contribution in [3.8, 4) is 5.75 Å². The second-order valence-corrected chi connectivity index (χ2v) is 5.50.